The van der Waals surface area contributed by atoms with Crippen LogP contribution in [0.2, 0.25) is 0 Å². The third-order valence-electron chi connectivity index (χ3n) is 3.00. The van der Waals surface area contributed by atoms with Crippen LogP contribution in [0.5, 0.6) is 5.75 Å². The number of aromatic amines is 1. The highest BCUT2D eigenvalue weighted by Gasteiger charge is 2.10. The number of rotatable bonds is 5. The number of H-pyrrole nitrogens is 1. The van der Waals surface area contributed by atoms with Gasteiger partial charge in [0.05, 0.1) is 17.1 Å². The first-order valence-corrected chi connectivity index (χ1v) is 7.14. The third-order valence-corrected chi connectivity index (χ3v) is 3.00. The number of hydrogen-bond donors (Lipinski definition) is 3. The molecule has 2 aromatic rings. The lowest BCUT2D eigenvalue weighted by Crippen LogP contribution is -2.03. The van der Waals surface area contributed by atoms with Crippen molar-refractivity contribution < 1.29 is 5.11 Å². The number of nitrogens with zero attached hydrogens (tertiary/aromatic N) is 2. The van der Waals surface area contributed by atoms with E-state index in [1.54, 1.807) is 6.07 Å². The topological polar surface area (TPSA) is 84.7 Å². The van der Waals surface area contributed by atoms with Crippen LogP contribution >= 0.6 is 0 Å². The molecule has 0 spiro atoms. The summed E-state index contributed by atoms with van der Waals surface area (Å²) < 4.78 is 0. The Morgan fingerprint density at radius 1 is 1.55 bits per heavy atom. The van der Waals surface area contributed by atoms with E-state index in [1.165, 1.54) is 6.07 Å². The molecule has 5 heteroatoms. The Kier molecular flexibility index (Phi) is 4.52. The lowest BCUT2D eigenvalue weighted by Gasteiger charge is -2.10. The second-order valence-electron chi connectivity index (χ2n) is 5.78. The van der Waals surface area contributed by atoms with Crippen molar-refractivity contribution in [2.75, 3.05) is 5.32 Å². The van der Waals surface area contributed by atoms with E-state index in [0.29, 0.717) is 28.5 Å². The minimum absolute atomic E-state index is 0.00681. The van der Waals surface area contributed by atoms with Gasteiger partial charge in [0.2, 0.25) is 5.95 Å². The monoisotopic (exact) mass is 296 g/mol. The van der Waals surface area contributed by atoms with Gasteiger partial charge < -0.3 is 15.4 Å². The van der Waals surface area contributed by atoms with Crippen LogP contribution in [0, 0.1) is 17.2 Å². The Labute approximate surface area is 130 Å². The average Bonchev–Trinajstić information content (AvgIpc) is 2.79. The predicted octanol–water partition coefficient (Wildman–Crippen LogP) is 4.06. The third kappa shape index (κ3) is 3.67. The molecule has 0 saturated carbocycles. The van der Waals surface area contributed by atoms with Gasteiger partial charge in [0.15, 0.2) is 0 Å². The SMILES string of the molecule is C=C(C)C/C(=C\C(C)C)Nc1nc2c(O)cc(C#N)cc2[nH]1. The first-order chi connectivity index (χ1) is 10.4. The van der Waals surface area contributed by atoms with E-state index in [4.69, 9.17) is 5.26 Å². The van der Waals surface area contributed by atoms with E-state index in [9.17, 15) is 5.11 Å². The number of imidazole rings is 1. The maximum atomic E-state index is 9.93. The molecule has 3 N–H and O–H groups in total. The van der Waals surface area contributed by atoms with Crippen LogP contribution in [0.1, 0.15) is 32.8 Å². The predicted molar refractivity (Wildman–Crippen MR) is 88.4 cm³/mol. The minimum Gasteiger partial charge on any atom is -0.506 e. The van der Waals surface area contributed by atoms with Gasteiger partial charge in [-0.25, -0.2) is 4.98 Å². The average molecular weight is 296 g/mol. The molecular formula is C17H20N4O. The second-order valence-corrected chi connectivity index (χ2v) is 5.78. The van der Waals surface area contributed by atoms with Crippen molar-refractivity contribution >= 4 is 17.0 Å². The van der Waals surface area contributed by atoms with Gasteiger partial charge in [-0.1, -0.05) is 32.1 Å². The van der Waals surface area contributed by atoms with E-state index in [-0.39, 0.29) is 5.75 Å². The first-order valence-electron chi connectivity index (χ1n) is 7.14. The number of nitrogens with one attached hydrogen (secondary N) is 2. The normalized spacial score (nSPS) is 11.7. The highest BCUT2D eigenvalue weighted by molar-refractivity contribution is 5.85. The molecular weight excluding hydrogens is 276 g/mol. The van der Waals surface area contributed by atoms with Gasteiger partial charge in [0.25, 0.3) is 0 Å². The fourth-order valence-corrected chi connectivity index (χ4v) is 2.25. The quantitative estimate of drug-likeness (QED) is 0.726. The maximum absolute atomic E-state index is 9.93. The molecule has 0 atom stereocenters. The number of phenolic OH excluding ortho intramolecular Hbond substituents is 1. The molecule has 0 saturated heterocycles. The van der Waals surface area contributed by atoms with Crippen molar-refractivity contribution in [3.05, 3.63) is 41.6 Å². The second kappa shape index (κ2) is 6.35. The summed E-state index contributed by atoms with van der Waals surface area (Å²) in [5.74, 6) is 0.922. The molecule has 0 aliphatic rings. The van der Waals surface area contributed by atoms with Gasteiger partial charge in [-0.05, 0) is 18.9 Å². The number of aromatic hydroxyl groups is 1. The van der Waals surface area contributed by atoms with Crippen LogP contribution in [0.15, 0.2) is 36.1 Å². The Morgan fingerprint density at radius 3 is 2.86 bits per heavy atom. The summed E-state index contributed by atoms with van der Waals surface area (Å²) in [6.45, 7) is 10.1. The molecule has 0 bridgehead atoms. The van der Waals surface area contributed by atoms with Crippen LogP contribution in [0.4, 0.5) is 5.95 Å². The van der Waals surface area contributed by atoms with Crippen LogP contribution < -0.4 is 5.32 Å². The van der Waals surface area contributed by atoms with Gasteiger partial charge in [-0.2, -0.15) is 5.26 Å². The molecule has 1 aromatic carbocycles. The molecule has 0 unspecified atom stereocenters. The summed E-state index contributed by atoms with van der Waals surface area (Å²) in [5.41, 5.74) is 3.51. The molecule has 22 heavy (non-hydrogen) atoms. The molecule has 0 radical (unpaired) electrons. The number of anilines is 1. The summed E-state index contributed by atoms with van der Waals surface area (Å²) in [7, 11) is 0. The van der Waals surface area contributed by atoms with Crippen molar-refractivity contribution in [3.8, 4) is 11.8 Å². The highest BCUT2D eigenvalue weighted by atomic mass is 16.3. The van der Waals surface area contributed by atoms with Crippen molar-refractivity contribution in [2.24, 2.45) is 5.92 Å². The summed E-state index contributed by atoms with van der Waals surface area (Å²) in [6.07, 6.45) is 2.84. The Balaban J connectivity index is 2.36. The summed E-state index contributed by atoms with van der Waals surface area (Å²) >= 11 is 0. The molecule has 0 fully saturated rings. The Morgan fingerprint density at radius 2 is 2.27 bits per heavy atom. The zero-order valence-electron chi connectivity index (χ0n) is 13.1. The summed E-state index contributed by atoms with van der Waals surface area (Å²) in [5, 5.41) is 22.1. The molecule has 0 aliphatic carbocycles. The van der Waals surface area contributed by atoms with Crippen molar-refractivity contribution in [3.63, 3.8) is 0 Å². The smallest absolute Gasteiger partial charge is 0.205 e. The number of allylic oxidation sites excluding steroid dienone is 2. The van der Waals surface area contributed by atoms with E-state index < -0.39 is 0 Å². The van der Waals surface area contributed by atoms with Crippen molar-refractivity contribution in [1.29, 1.82) is 5.26 Å². The van der Waals surface area contributed by atoms with Gasteiger partial charge in [-0.15, -0.1) is 0 Å². The van der Waals surface area contributed by atoms with Gasteiger partial charge in [0, 0.05) is 18.2 Å². The number of phenols is 1. The number of fused-ring (bicyclic) bond motifs is 1. The fraction of sp³-hybridized carbons (Fsp3) is 0.294. The molecule has 5 nitrogen and oxygen atoms in total. The van der Waals surface area contributed by atoms with Crippen LogP contribution in [0.3, 0.4) is 0 Å². The highest BCUT2D eigenvalue weighted by Crippen LogP contribution is 2.26. The van der Waals surface area contributed by atoms with Crippen molar-refractivity contribution in [2.45, 2.75) is 27.2 Å². The van der Waals surface area contributed by atoms with Crippen LogP contribution in [0.25, 0.3) is 11.0 Å². The lowest BCUT2D eigenvalue weighted by molar-refractivity contribution is 0.480. The molecule has 1 heterocycles. The largest absolute Gasteiger partial charge is 0.506 e. The van der Waals surface area contributed by atoms with Crippen LogP contribution in [-0.4, -0.2) is 15.1 Å². The summed E-state index contributed by atoms with van der Waals surface area (Å²) in [4.78, 5) is 7.43. The van der Waals surface area contributed by atoms with E-state index in [1.807, 2.05) is 13.0 Å². The van der Waals surface area contributed by atoms with Gasteiger partial charge in [-0.3, -0.25) is 0 Å². The number of aromatic nitrogens is 2. The number of nitriles is 1. The zero-order chi connectivity index (χ0) is 16.3. The number of benzene rings is 1. The van der Waals surface area contributed by atoms with Gasteiger partial charge >= 0.3 is 0 Å². The Bertz CT molecular complexity index is 778. The lowest BCUT2D eigenvalue weighted by atomic mass is 10.1. The maximum Gasteiger partial charge on any atom is 0.205 e. The molecule has 0 aliphatic heterocycles. The molecule has 0 amide bonds. The van der Waals surface area contributed by atoms with Crippen LogP contribution in [-0.2, 0) is 0 Å². The molecule has 2 rings (SSSR count). The first kappa shape index (κ1) is 15.6. The molecule has 114 valence electrons. The minimum atomic E-state index is -0.00681. The van der Waals surface area contributed by atoms with E-state index in [2.05, 4.69) is 41.8 Å². The summed E-state index contributed by atoms with van der Waals surface area (Å²) in [6, 6.07) is 5.08. The molecule has 1 aromatic heterocycles. The van der Waals surface area contributed by atoms with Crippen molar-refractivity contribution in [1.82, 2.24) is 9.97 Å². The standard InChI is InChI=1S/C17H20N4O/c1-10(2)5-13(6-11(3)4)19-17-20-14-7-12(9-18)8-15(22)16(14)21-17/h6-8,11,22H,1,5H2,2-4H3,(H2,19,20,21)/b13-6+. The number of hydrogen-bond acceptors (Lipinski definition) is 4. The Hall–Kier alpha value is -2.74. The zero-order valence-corrected chi connectivity index (χ0v) is 13.1. The van der Waals surface area contributed by atoms with Gasteiger partial charge in [0.1, 0.15) is 11.3 Å². The van der Waals surface area contributed by atoms with E-state index >= 15 is 0 Å². The van der Waals surface area contributed by atoms with E-state index in [0.717, 1.165) is 17.7 Å². The fourth-order valence-electron chi connectivity index (χ4n) is 2.25.